The molecular formula is C28H39FO. The maximum atomic E-state index is 14.6. The van der Waals surface area contributed by atoms with E-state index >= 15 is 0 Å². The number of ether oxygens (including phenoxy) is 1. The molecule has 0 radical (unpaired) electrons. The van der Waals surface area contributed by atoms with Crippen molar-refractivity contribution in [2.75, 3.05) is 0 Å². The third-order valence-electron chi connectivity index (χ3n) is 6.58. The third-order valence-corrected chi connectivity index (χ3v) is 6.58. The summed E-state index contributed by atoms with van der Waals surface area (Å²) in [5.41, 5.74) is 3.37. The van der Waals surface area contributed by atoms with Gasteiger partial charge in [0.2, 0.25) is 0 Å². The summed E-state index contributed by atoms with van der Waals surface area (Å²) in [6.45, 7) is 4.24. The molecule has 2 aromatic rings. The Morgan fingerprint density at radius 3 is 2.37 bits per heavy atom. The van der Waals surface area contributed by atoms with Gasteiger partial charge in [-0.3, -0.25) is 0 Å². The Morgan fingerprint density at radius 2 is 1.67 bits per heavy atom. The zero-order valence-electron chi connectivity index (χ0n) is 19.0. The van der Waals surface area contributed by atoms with Crippen LogP contribution in [-0.4, -0.2) is 6.10 Å². The van der Waals surface area contributed by atoms with Gasteiger partial charge in [0.05, 0.1) is 6.10 Å². The van der Waals surface area contributed by atoms with Crippen LogP contribution >= 0.6 is 0 Å². The van der Waals surface area contributed by atoms with Crippen LogP contribution in [0.2, 0.25) is 0 Å². The minimum Gasteiger partial charge on any atom is -0.488 e. The minimum atomic E-state index is -0.269. The number of hydrogen-bond acceptors (Lipinski definition) is 1. The van der Waals surface area contributed by atoms with E-state index in [9.17, 15) is 4.39 Å². The van der Waals surface area contributed by atoms with E-state index in [-0.39, 0.29) is 11.9 Å². The number of hydrogen-bond donors (Lipinski definition) is 0. The monoisotopic (exact) mass is 410 g/mol. The number of halogens is 1. The predicted octanol–water partition coefficient (Wildman–Crippen LogP) is 8.74. The fraction of sp³-hybridized carbons (Fsp3) is 0.571. The molecule has 164 valence electrons. The Hall–Kier alpha value is -1.83. The molecule has 2 aromatic carbocycles. The fourth-order valence-electron chi connectivity index (χ4n) is 4.62. The lowest BCUT2D eigenvalue weighted by Gasteiger charge is -2.21. The molecule has 0 aliphatic heterocycles. The van der Waals surface area contributed by atoms with Gasteiger partial charge >= 0.3 is 0 Å². The Labute approximate surface area is 183 Å². The first-order chi connectivity index (χ1) is 14.7. The lowest BCUT2D eigenvalue weighted by atomic mass is 9.85. The zero-order chi connectivity index (χ0) is 21.2. The second kappa shape index (κ2) is 12.1. The van der Waals surface area contributed by atoms with Crippen LogP contribution in [0.15, 0.2) is 42.5 Å². The number of unbranched alkanes of at least 4 members (excludes halogenated alkanes) is 3. The lowest BCUT2D eigenvalue weighted by molar-refractivity contribution is 0.197. The third kappa shape index (κ3) is 7.15. The number of benzene rings is 2. The molecule has 0 aromatic heterocycles. The topological polar surface area (TPSA) is 9.23 Å². The highest BCUT2D eigenvalue weighted by atomic mass is 19.1. The van der Waals surface area contributed by atoms with Crippen molar-refractivity contribution in [1.29, 1.82) is 0 Å². The van der Waals surface area contributed by atoms with Crippen molar-refractivity contribution in [3.63, 3.8) is 0 Å². The van der Waals surface area contributed by atoms with E-state index in [4.69, 9.17) is 4.74 Å². The van der Waals surface area contributed by atoms with E-state index in [1.54, 1.807) is 12.1 Å². The summed E-state index contributed by atoms with van der Waals surface area (Å²) in [7, 11) is 0. The second-order valence-corrected chi connectivity index (χ2v) is 9.16. The first kappa shape index (κ1) is 22.8. The normalized spacial score (nSPS) is 15.8. The van der Waals surface area contributed by atoms with Gasteiger partial charge < -0.3 is 4.74 Å². The highest BCUT2D eigenvalue weighted by Crippen LogP contribution is 2.29. The molecule has 30 heavy (non-hydrogen) atoms. The van der Waals surface area contributed by atoms with Gasteiger partial charge in [0, 0.05) is 0 Å². The molecule has 1 atom stereocenters. The second-order valence-electron chi connectivity index (χ2n) is 9.16. The summed E-state index contributed by atoms with van der Waals surface area (Å²) in [6, 6.07) is 14.0. The van der Waals surface area contributed by atoms with Crippen molar-refractivity contribution in [1.82, 2.24) is 0 Å². The van der Waals surface area contributed by atoms with E-state index in [1.165, 1.54) is 63.4 Å². The van der Waals surface area contributed by atoms with Crippen molar-refractivity contribution in [3.8, 4) is 16.9 Å². The van der Waals surface area contributed by atoms with E-state index in [1.807, 2.05) is 13.0 Å². The van der Waals surface area contributed by atoms with E-state index in [2.05, 4.69) is 31.2 Å². The average molecular weight is 411 g/mol. The molecule has 0 spiro atoms. The average Bonchev–Trinajstić information content (AvgIpc) is 2.78. The van der Waals surface area contributed by atoms with Crippen LogP contribution in [0, 0.1) is 11.7 Å². The first-order valence-corrected chi connectivity index (χ1v) is 12.2. The quantitative estimate of drug-likeness (QED) is 0.336. The molecule has 0 amide bonds. The molecule has 1 aliphatic rings. The first-order valence-electron chi connectivity index (χ1n) is 12.2. The molecule has 0 unspecified atom stereocenters. The van der Waals surface area contributed by atoms with Crippen molar-refractivity contribution >= 4 is 0 Å². The summed E-state index contributed by atoms with van der Waals surface area (Å²) in [4.78, 5) is 0. The van der Waals surface area contributed by atoms with Gasteiger partial charge in [-0.05, 0) is 67.3 Å². The molecule has 1 fully saturated rings. The van der Waals surface area contributed by atoms with Crippen molar-refractivity contribution < 1.29 is 9.13 Å². The Balaban J connectivity index is 1.52. The Bertz CT molecular complexity index is 746. The predicted molar refractivity (Wildman–Crippen MR) is 126 cm³/mol. The molecular weight excluding hydrogens is 371 g/mol. The molecule has 1 aliphatic carbocycles. The van der Waals surface area contributed by atoms with Gasteiger partial charge in [-0.15, -0.1) is 0 Å². The molecule has 0 saturated heterocycles. The Kier molecular flexibility index (Phi) is 9.24. The standard InChI is InChI=1S/C28H39FO/c1-3-4-5-7-10-22(2)30-28-20-19-26(21-27(28)29)25-17-15-24(16-18-25)14-13-23-11-8-6-9-12-23/h15-23H,3-14H2,1-2H3/t22-/m0/s1. The Morgan fingerprint density at radius 1 is 0.933 bits per heavy atom. The summed E-state index contributed by atoms with van der Waals surface area (Å²) in [5, 5.41) is 0. The molecule has 1 nitrogen and oxygen atoms in total. The van der Waals surface area contributed by atoms with E-state index in [0.29, 0.717) is 5.75 Å². The van der Waals surface area contributed by atoms with Gasteiger partial charge in [-0.1, -0.05) is 88.6 Å². The SMILES string of the molecule is CCCCCC[C@H](C)Oc1ccc(-c2ccc(CCC3CCCCC3)cc2)cc1F. The maximum Gasteiger partial charge on any atom is 0.165 e. The zero-order valence-corrected chi connectivity index (χ0v) is 19.0. The molecule has 1 saturated carbocycles. The van der Waals surface area contributed by atoms with Gasteiger partial charge in [0.1, 0.15) is 0 Å². The largest absolute Gasteiger partial charge is 0.488 e. The van der Waals surface area contributed by atoms with Gasteiger partial charge in [0.25, 0.3) is 0 Å². The number of rotatable bonds is 11. The smallest absolute Gasteiger partial charge is 0.165 e. The van der Waals surface area contributed by atoms with Crippen LogP contribution in [-0.2, 0) is 6.42 Å². The number of aryl methyl sites for hydroxylation is 1. The van der Waals surface area contributed by atoms with Gasteiger partial charge in [0.15, 0.2) is 11.6 Å². The van der Waals surface area contributed by atoms with E-state index < -0.39 is 0 Å². The van der Waals surface area contributed by atoms with Crippen LogP contribution in [0.3, 0.4) is 0 Å². The van der Waals surface area contributed by atoms with Crippen LogP contribution < -0.4 is 4.74 Å². The van der Waals surface area contributed by atoms with Crippen LogP contribution in [0.4, 0.5) is 4.39 Å². The van der Waals surface area contributed by atoms with Crippen molar-refractivity contribution in [2.45, 2.75) is 97.0 Å². The fourth-order valence-corrected chi connectivity index (χ4v) is 4.62. The van der Waals surface area contributed by atoms with Crippen LogP contribution in [0.1, 0.15) is 90.0 Å². The van der Waals surface area contributed by atoms with Crippen LogP contribution in [0.25, 0.3) is 11.1 Å². The summed E-state index contributed by atoms with van der Waals surface area (Å²) in [6.07, 6.45) is 15.4. The molecule has 0 N–H and O–H groups in total. The van der Waals surface area contributed by atoms with Crippen molar-refractivity contribution in [3.05, 3.63) is 53.8 Å². The van der Waals surface area contributed by atoms with E-state index in [0.717, 1.165) is 36.3 Å². The summed E-state index contributed by atoms with van der Waals surface area (Å²) in [5.74, 6) is 1.01. The highest BCUT2D eigenvalue weighted by Gasteiger charge is 2.13. The maximum absolute atomic E-state index is 14.6. The van der Waals surface area contributed by atoms with Crippen molar-refractivity contribution in [2.24, 2.45) is 5.92 Å². The van der Waals surface area contributed by atoms with Gasteiger partial charge in [-0.2, -0.15) is 0 Å². The molecule has 2 heteroatoms. The lowest BCUT2D eigenvalue weighted by Crippen LogP contribution is -2.12. The van der Waals surface area contributed by atoms with Gasteiger partial charge in [-0.25, -0.2) is 4.39 Å². The molecule has 0 heterocycles. The highest BCUT2D eigenvalue weighted by molar-refractivity contribution is 5.64. The van der Waals surface area contributed by atoms with Crippen LogP contribution in [0.5, 0.6) is 5.75 Å². The molecule has 0 bridgehead atoms. The molecule has 3 rings (SSSR count). The summed E-state index contributed by atoms with van der Waals surface area (Å²) >= 11 is 0. The minimum absolute atomic E-state index is 0.0469. The summed E-state index contributed by atoms with van der Waals surface area (Å²) < 4.78 is 20.5.